The first kappa shape index (κ1) is 22.3. The molecule has 32 heavy (non-hydrogen) atoms. The molecule has 5 aliphatic rings. The van der Waals surface area contributed by atoms with Gasteiger partial charge in [0, 0.05) is 31.1 Å². The predicted molar refractivity (Wildman–Crippen MR) is 113 cm³/mol. The third-order valence-corrected chi connectivity index (χ3v) is 10.4. The van der Waals surface area contributed by atoms with Gasteiger partial charge >= 0.3 is 11.9 Å². The van der Waals surface area contributed by atoms with E-state index in [4.69, 9.17) is 14.2 Å². The van der Waals surface area contributed by atoms with Gasteiger partial charge in [0.05, 0.1) is 6.10 Å². The number of hydrogen-bond donors (Lipinski definition) is 1. The molecule has 178 valence electrons. The lowest BCUT2D eigenvalue weighted by molar-refractivity contribution is -0.175. The van der Waals surface area contributed by atoms with Gasteiger partial charge in [-0.2, -0.15) is 0 Å². The highest BCUT2D eigenvalue weighted by atomic mass is 16.6. The van der Waals surface area contributed by atoms with Crippen LogP contribution in [0.15, 0.2) is 0 Å². The van der Waals surface area contributed by atoms with E-state index in [1.54, 1.807) is 0 Å². The van der Waals surface area contributed by atoms with Gasteiger partial charge < -0.3 is 19.3 Å². The van der Waals surface area contributed by atoms with Crippen LogP contribution in [-0.2, 0) is 28.6 Å². The summed E-state index contributed by atoms with van der Waals surface area (Å²) in [6.07, 6.45) is 6.65. The number of hydrogen-bond acceptors (Lipinski definition) is 7. The molecule has 4 saturated carbocycles. The molecule has 1 spiro atoms. The van der Waals surface area contributed by atoms with Crippen LogP contribution < -0.4 is 0 Å². The molecule has 5 fully saturated rings. The van der Waals surface area contributed by atoms with Crippen LogP contribution in [0.5, 0.6) is 0 Å². The van der Waals surface area contributed by atoms with Crippen molar-refractivity contribution in [3.8, 4) is 0 Å². The van der Waals surface area contributed by atoms with E-state index in [0.717, 1.165) is 44.9 Å². The van der Waals surface area contributed by atoms with Crippen LogP contribution in [0.25, 0.3) is 0 Å². The van der Waals surface area contributed by atoms with Gasteiger partial charge in [0.2, 0.25) is 5.78 Å². The minimum absolute atomic E-state index is 0.0288. The molecule has 1 heterocycles. The molecule has 1 saturated heterocycles. The Balaban J connectivity index is 1.38. The fourth-order valence-corrected chi connectivity index (χ4v) is 8.74. The van der Waals surface area contributed by atoms with E-state index in [9.17, 15) is 19.5 Å². The molecule has 7 nitrogen and oxygen atoms in total. The first-order valence-corrected chi connectivity index (χ1v) is 12.2. The summed E-state index contributed by atoms with van der Waals surface area (Å²) >= 11 is 0. The largest absolute Gasteiger partial charge is 0.462 e. The minimum atomic E-state index is -1.44. The number of carbonyl (C=O) groups is 3. The van der Waals surface area contributed by atoms with Crippen LogP contribution in [0.3, 0.4) is 0 Å². The summed E-state index contributed by atoms with van der Waals surface area (Å²) in [5.41, 5.74) is -2.11. The van der Waals surface area contributed by atoms with E-state index < -0.39 is 17.0 Å². The van der Waals surface area contributed by atoms with Gasteiger partial charge in [-0.15, -0.1) is 0 Å². The van der Waals surface area contributed by atoms with Gasteiger partial charge in [-0.25, -0.2) is 0 Å². The van der Waals surface area contributed by atoms with Crippen molar-refractivity contribution in [1.29, 1.82) is 0 Å². The number of Topliss-reactive ketones (excluding diaryl/α,β-unsaturated/α-hetero) is 1. The molecule has 4 aliphatic carbocycles. The Labute approximate surface area is 189 Å². The van der Waals surface area contributed by atoms with Gasteiger partial charge in [-0.1, -0.05) is 13.8 Å². The predicted octanol–water partition coefficient (Wildman–Crippen LogP) is 2.96. The Morgan fingerprint density at radius 1 is 0.969 bits per heavy atom. The van der Waals surface area contributed by atoms with Crippen molar-refractivity contribution in [3.63, 3.8) is 0 Å². The summed E-state index contributed by atoms with van der Waals surface area (Å²) in [5, 5.41) is 11.6. The zero-order chi connectivity index (χ0) is 23.1. The molecule has 0 aromatic rings. The quantitative estimate of drug-likeness (QED) is 0.521. The summed E-state index contributed by atoms with van der Waals surface area (Å²) in [6, 6.07) is 0. The SMILES string of the molecule is CC(=O)OCC(=O)[C@]1(O)CC[C@@H]2[C@@H]3C[C@@H]4O[C@@]45C[C@H](OC(C)=O)CC[C@]5(C)[C@@H]3CC[C@]21C. The van der Waals surface area contributed by atoms with Gasteiger partial charge in [-0.3, -0.25) is 14.4 Å². The molecule has 0 aromatic carbocycles. The average molecular weight is 449 g/mol. The fraction of sp³-hybridized carbons (Fsp3) is 0.880. The number of esters is 2. The molecule has 1 aliphatic heterocycles. The molecule has 0 amide bonds. The molecule has 0 bridgehead atoms. The van der Waals surface area contributed by atoms with Crippen molar-refractivity contribution < 1.29 is 33.7 Å². The second kappa shape index (κ2) is 7.02. The average Bonchev–Trinajstić information content (AvgIpc) is 3.34. The third-order valence-electron chi connectivity index (χ3n) is 10.4. The normalized spacial score (nSPS) is 50.8. The molecule has 5 rings (SSSR count). The van der Waals surface area contributed by atoms with Gasteiger partial charge in [0.1, 0.15) is 17.3 Å². The monoisotopic (exact) mass is 448 g/mol. The topological polar surface area (TPSA) is 102 Å². The van der Waals surface area contributed by atoms with Crippen molar-refractivity contribution in [2.75, 3.05) is 6.61 Å². The molecule has 7 heteroatoms. The molecular weight excluding hydrogens is 412 g/mol. The Hall–Kier alpha value is -1.47. The smallest absolute Gasteiger partial charge is 0.303 e. The molecule has 0 radical (unpaired) electrons. The summed E-state index contributed by atoms with van der Waals surface area (Å²) in [5.74, 6) is 0.0358. The van der Waals surface area contributed by atoms with Crippen LogP contribution in [-0.4, -0.2) is 52.8 Å². The summed E-state index contributed by atoms with van der Waals surface area (Å²) in [7, 11) is 0. The van der Waals surface area contributed by atoms with E-state index in [1.807, 2.05) is 0 Å². The van der Waals surface area contributed by atoms with Gasteiger partial charge in [0.25, 0.3) is 0 Å². The highest BCUT2D eigenvalue weighted by Crippen LogP contribution is 2.74. The fourth-order valence-electron chi connectivity index (χ4n) is 8.74. The molecule has 9 atom stereocenters. The summed E-state index contributed by atoms with van der Waals surface area (Å²) < 4.78 is 17.0. The van der Waals surface area contributed by atoms with Crippen LogP contribution in [0.1, 0.15) is 79.1 Å². The summed E-state index contributed by atoms with van der Waals surface area (Å²) in [4.78, 5) is 35.7. The number of ether oxygens (including phenoxy) is 3. The second-order valence-corrected chi connectivity index (χ2v) is 11.6. The van der Waals surface area contributed by atoms with Crippen molar-refractivity contribution >= 4 is 17.7 Å². The number of fused-ring (bicyclic) bond motifs is 4. The maximum absolute atomic E-state index is 13.0. The number of epoxide rings is 1. The summed E-state index contributed by atoms with van der Waals surface area (Å²) in [6.45, 7) is 6.83. The Morgan fingerprint density at radius 3 is 2.31 bits per heavy atom. The van der Waals surface area contributed by atoms with Gasteiger partial charge in [-0.05, 0) is 62.7 Å². The zero-order valence-electron chi connectivity index (χ0n) is 19.6. The van der Waals surface area contributed by atoms with E-state index >= 15 is 0 Å². The van der Waals surface area contributed by atoms with Crippen LogP contribution in [0.2, 0.25) is 0 Å². The van der Waals surface area contributed by atoms with E-state index in [-0.39, 0.29) is 47.5 Å². The van der Waals surface area contributed by atoms with Crippen molar-refractivity contribution in [1.82, 2.24) is 0 Å². The molecular formula is C25H36O7. The molecule has 1 N–H and O–H groups in total. The highest BCUT2D eigenvalue weighted by Gasteiger charge is 2.77. The van der Waals surface area contributed by atoms with E-state index in [2.05, 4.69) is 13.8 Å². The Kier molecular flexibility index (Phi) is 4.90. The zero-order valence-corrected chi connectivity index (χ0v) is 19.6. The Morgan fingerprint density at radius 2 is 1.62 bits per heavy atom. The first-order chi connectivity index (χ1) is 15.0. The van der Waals surface area contributed by atoms with E-state index in [0.29, 0.717) is 18.3 Å². The van der Waals surface area contributed by atoms with Crippen molar-refractivity contribution in [2.24, 2.45) is 28.6 Å². The number of ketones is 1. The van der Waals surface area contributed by atoms with Crippen molar-refractivity contribution in [3.05, 3.63) is 0 Å². The Bertz CT molecular complexity index is 855. The number of carbonyl (C=O) groups excluding carboxylic acids is 3. The molecule has 0 unspecified atom stereocenters. The third kappa shape index (κ3) is 2.82. The maximum Gasteiger partial charge on any atom is 0.303 e. The van der Waals surface area contributed by atoms with E-state index in [1.165, 1.54) is 13.8 Å². The van der Waals surface area contributed by atoms with Crippen LogP contribution in [0.4, 0.5) is 0 Å². The van der Waals surface area contributed by atoms with Gasteiger partial charge in [0.15, 0.2) is 6.61 Å². The second-order valence-electron chi connectivity index (χ2n) is 11.6. The van der Waals surface area contributed by atoms with Crippen LogP contribution >= 0.6 is 0 Å². The lowest BCUT2D eigenvalue weighted by atomic mass is 9.44. The molecule has 0 aromatic heterocycles. The standard InChI is InChI=1S/C25H36O7/c1-14(26)30-13-20(28)24(29)10-7-18-17-11-21-25(32-21)12-16(31-15(2)27)5-8-23(25,4)19(17)6-9-22(18,24)3/h16-19,21,29H,5-13H2,1-4H3/t16-,17+,18-,19-,21+,22-,23-,24-,25+/m1/s1. The lowest BCUT2D eigenvalue weighted by Crippen LogP contribution is -2.61. The minimum Gasteiger partial charge on any atom is -0.462 e. The van der Waals surface area contributed by atoms with Crippen LogP contribution in [0, 0.1) is 28.6 Å². The van der Waals surface area contributed by atoms with Crippen molar-refractivity contribution in [2.45, 2.75) is 102 Å². The lowest BCUT2D eigenvalue weighted by Gasteiger charge is -2.59. The first-order valence-electron chi connectivity index (χ1n) is 12.2. The maximum atomic E-state index is 13.0. The highest BCUT2D eigenvalue weighted by molar-refractivity contribution is 5.90. The number of aliphatic hydroxyl groups is 1. The number of rotatable bonds is 4.